The highest BCUT2D eigenvalue weighted by atomic mass is 32.2. The molecule has 1 saturated heterocycles. The number of hydrogen-bond acceptors (Lipinski definition) is 3. The Bertz CT molecular complexity index is 301. The summed E-state index contributed by atoms with van der Waals surface area (Å²) < 4.78 is 23.6. The lowest BCUT2D eigenvalue weighted by atomic mass is 10.3. The summed E-state index contributed by atoms with van der Waals surface area (Å²) in [6, 6.07) is 0. The highest BCUT2D eigenvalue weighted by Crippen LogP contribution is 2.44. The van der Waals surface area contributed by atoms with Crippen LogP contribution in [0.4, 0.5) is 0 Å². The molecule has 0 N–H and O–H groups in total. The molecule has 0 atom stereocenters. The van der Waals surface area contributed by atoms with Crippen LogP contribution in [0.1, 0.15) is 19.3 Å². The third-order valence-electron chi connectivity index (χ3n) is 2.63. The molecular weight excluding hydrogens is 178 g/mol. The normalized spacial score (nSPS) is 27.7. The number of sulfonamides is 1. The van der Waals surface area contributed by atoms with Crippen LogP contribution in [-0.2, 0) is 14.8 Å². The van der Waals surface area contributed by atoms with Crippen molar-refractivity contribution >= 4 is 16.3 Å². The molecular formula is C7H11NO3S. The zero-order chi connectivity index (χ0) is 8.82. The van der Waals surface area contributed by atoms with Crippen LogP contribution in [0.5, 0.6) is 0 Å². The highest BCUT2D eigenvalue weighted by molar-refractivity contribution is 7.91. The molecule has 68 valence electrons. The van der Waals surface area contributed by atoms with E-state index in [2.05, 4.69) is 0 Å². The lowest BCUT2D eigenvalue weighted by molar-refractivity contribution is -0.108. The van der Waals surface area contributed by atoms with Gasteiger partial charge in [-0.3, -0.25) is 0 Å². The molecule has 1 heterocycles. The minimum absolute atomic E-state index is 0.509. The minimum atomic E-state index is -3.28. The molecule has 0 radical (unpaired) electrons. The molecule has 1 saturated carbocycles. The fourth-order valence-corrected chi connectivity index (χ4v) is 3.34. The Morgan fingerprint density at radius 3 is 2.08 bits per heavy atom. The van der Waals surface area contributed by atoms with Crippen molar-refractivity contribution in [3.8, 4) is 0 Å². The second kappa shape index (κ2) is 2.29. The summed E-state index contributed by atoms with van der Waals surface area (Å²) in [4.78, 5) is 10.6. The van der Waals surface area contributed by atoms with Crippen molar-refractivity contribution < 1.29 is 13.2 Å². The molecule has 12 heavy (non-hydrogen) atoms. The Kier molecular flexibility index (Phi) is 1.56. The maximum atomic E-state index is 11.6. The zero-order valence-electron chi connectivity index (χ0n) is 6.69. The van der Waals surface area contributed by atoms with Crippen molar-refractivity contribution in [2.45, 2.75) is 24.0 Å². The van der Waals surface area contributed by atoms with Crippen molar-refractivity contribution in [2.75, 3.05) is 13.1 Å². The van der Waals surface area contributed by atoms with E-state index in [4.69, 9.17) is 0 Å². The molecule has 0 aromatic heterocycles. The molecule has 2 fully saturated rings. The lowest BCUT2D eigenvalue weighted by Gasteiger charge is -2.31. The van der Waals surface area contributed by atoms with Crippen LogP contribution < -0.4 is 0 Å². The Labute approximate surface area is 71.6 Å². The highest BCUT2D eigenvalue weighted by Gasteiger charge is 2.57. The summed E-state index contributed by atoms with van der Waals surface area (Å²) in [5.41, 5.74) is 0. The van der Waals surface area contributed by atoms with Crippen LogP contribution in [-0.4, -0.2) is 36.8 Å². The number of carbonyl (C=O) groups is 1. The molecule has 1 aliphatic carbocycles. The van der Waals surface area contributed by atoms with Gasteiger partial charge in [-0.25, -0.2) is 12.7 Å². The van der Waals surface area contributed by atoms with Gasteiger partial charge < -0.3 is 4.79 Å². The smallest absolute Gasteiger partial charge is 0.226 e. The molecule has 2 aliphatic rings. The summed E-state index contributed by atoms with van der Waals surface area (Å²) in [5.74, 6) is 0. The van der Waals surface area contributed by atoms with Gasteiger partial charge in [0.05, 0.1) is 0 Å². The van der Waals surface area contributed by atoms with E-state index in [0.29, 0.717) is 32.2 Å². The van der Waals surface area contributed by atoms with Gasteiger partial charge >= 0.3 is 0 Å². The van der Waals surface area contributed by atoms with Gasteiger partial charge in [0.15, 0.2) is 0 Å². The third kappa shape index (κ3) is 0.863. The van der Waals surface area contributed by atoms with Gasteiger partial charge in [0.25, 0.3) is 0 Å². The first-order chi connectivity index (χ1) is 5.62. The zero-order valence-corrected chi connectivity index (χ0v) is 7.51. The van der Waals surface area contributed by atoms with E-state index in [1.807, 2.05) is 0 Å². The predicted molar refractivity (Wildman–Crippen MR) is 43.1 cm³/mol. The van der Waals surface area contributed by atoms with Crippen LogP contribution in [0.3, 0.4) is 0 Å². The summed E-state index contributed by atoms with van der Waals surface area (Å²) in [7, 11) is -3.28. The Morgan fingerprint density at radius 1 is 1.25 bits per heavy atom. The number of aldehydes is 1. The fourth-order valence-electron chi connectivity index (χ4n) is 1.34. The maximum Gasteiger partial charge on any atom is 0.226 e. The first-order valence-electron chi connectivity index (χ1n) is 4.08. The first kappa shape index (κ1) is 8.19. The van der Waals surface area contributed by atoms with E-state index in [-0.39, 0.29) is 0 Å². The van der Waals surface area contributed by atoms with E-state index in [1.165, 1.54) is 4.31 Å². The van der Waals surface area contributed by atoms with Gasteiger partial charge in [-0.2, -0.15) is 0 Å². The van der Waals surface area contributed by atoms with Crippen molar-refractivity contribution in [1.29, 1.82) is 0 Å². The molecule has 0 spiro atoms. The summed E-state index contributed by atoms with van der Waals surface area (Å²) in [6.45, 7) is 1.19. The molecule has 2 rings (SSSR count). The first-order valence-corrected chi connectivity index (χ1v) is 5.52. The van der Waals surface area contributed by atoms with Crippen molar-refractivity contribution in [3.05, 3.63) is 0 Å². The standard InChI is InChI=1S/C7H11NO3S/c9-6-7(2-3-7)12(10,11)8-4-1-5-8/h6H,1-5H2. The van der Waals surface area contributed by atoms with Crippen LogP contribution in [0.25, 0.3) is 0 Å². The SMILES string of the molecule is O=CC1(S(=O)(=O)N2CCC2)CC1. The molecule has 0 unspecified atom stereocenters. The molecule has 0 aromatic rings. The van der Waals surface area contributed by atoms with Crippen molar-refractivity contribution in [1.82, 2.24) is 4.31 Å². The maximum absolute atomic E-state index is 11.6. The number of rotatable bonds is 3. The molecule has 0 amide bonds. The van der Waals surface area contributed by atoms with Gasteiger partial charge in [-0.1, -0.05) is 0 Å². The third-order valence-corrected chi connectivity index (χ3v) is 5.20. The van der Waals surface area contributed by atoms with Crippen molar-refractivity contribution in [3.63, 3.8) is 0 Å². The number of carbonyl (C=O) groups excluding carboxylic acids is 1. The Morgan fingerprint density at radius 2 is 1.83 bits per heavy atom. The number of hydrogen-bond donors (Lipinski definition) is 0. The van der Waals surface area contributed by atoms with Gasteiger partial charge in [0.2, 0.25) is 10.0 Å². The predicted octanol–water partition coefficient (Wildman–Crippen LogP) is -0.247. The van der Waals surface area contributed by atoms with Gasteiger partial charge in [-0.05, 0) is 19.3 Å². The average molecular weight is 189 g/mol. The van der Waals surface area contributed by atoms with E-state index >= 15 is 0 Å². The molecule has 1 aliphatic heterocycles. The Balaban J connectivity index is 2.25. The molecule has 4 nitrogen and oxygen atoms in total. The van der Waals surface area contributed by atoms with Gasteiger partial charge in [0, 0.05) is 13.1 Å². The van der Waals surface area contributed by atoms with Crippen molar-refractivity contribution in [2.24, 2.45) is 0 Å². The molecule has 0 aromatic carbocycles. The second-order valence-corrected chi connectivity index (χ2v) is 5.72. The minimum Gasteiger partial charge on any atom is -0.302 e. The topological polar surface area (TPSA) is 54.5 Å². The molecule has 5 heteroatoms. The fraction of sp³-hybridized carbons (Fsp3) is 0.857. The van der Waals surface area contributed by atoms with Crippen LogP contribution >= 0.6 is 0 Å². The second-order valence-electron chi connectivity index (χ2n) is 3.44. The Hall–Kier alpha value is -0.420. The molecule has 0 bridgehead atoms. The van der Waals surface area contributed by atoms with Crippen LogP contribution in [0, 0.1) is 0 Å². The largest absolute Gasteiger partial charge is 0.302 e. The van der Waals surface area contributed by atoms with Gasteiger partial charge in [0.1, 0.15) is 11.0 Å². The van der Waals surface area contributed by atoms with Crippen LogP contribution in [0.15, 0.2) is 0 Å². The summed E-state index contributed by atoms with van der Waals surface area (Å²) in [5, 5.41) is 0. The summed E-state index contributed by atoms with van der Waals surface area (Å²) >= 11 is 0. The summed E-state index contributed by atoms with van der Waals surface area (Å²) in [6.07, 6.45) is 2.54. The van der Waals surface area contributed by atoms with E-state index in [1.54, 1.807) is 0 Å². The quantitative estimate of drug-likeness (QED) is 0.575. The van der Waals surface area contributed by atoms with E-state index in [0.717, 1.165) is 6.42 Å². The monoisotopic (exact) mass is 189 g/mol. The van der Waals surface area contributed by atoms with Crippen LogP contribution in [0.2, 0.25) is 0 Å². The van der Waals surface area contributed by atoms with E-state index in [9.17, 15) is 13.2 Å². The van der Waals surface area contributed by atoms with Gasteiger partial charge in [-0.15, -0.1) is 0 Å². The average Bonchev–Trinajstić information content (AvgIpc) is 2.60. The van der Waals surface area contributed by atoms with E-state index < -0.39 is 14.8 Å². The lowest BCUT2D eigenvalue weighted by Crippen LogP contribution is -2.48. The number of nitrogens with zero attached hydrogens (tertiary/aromatic N) is 1.